The molecule has 1 fully saturated rings. The predicted octanol–water partition coefficient (Wildman–Crippen LogP) is -0.176. The van der Waals surface area contributed by atoms with Crippen molar-refractivity contribution in [2.24, 2.45) is 0 Å². The van der Waals surface area contributed by atoms with Crippen LogP contribution in [0.2, 0.25) is 0 Å². The van der Waals surface area contributed by atoms with Crippen LogP contribution < -0.4 is 10.6 Å². The van der Waals surface area contributed by atoms with Crippen molar-refractivity contribution >= 4 is 5.91 Å². The largest absolute Gasteiger partial charge is 0.387 e. The van der Waals surface area contributed by atoms with Gasteiger partial charge in [0.1, 0.15) is 11.6 Å². The molecule has 0 radical (unpaired) electrons. The van der Waals surface area contributed by atoms with Crippen molar-refractivity contribution < 1.29 is 4.79 Å². The quantitative estimate of drug-likeness (QED) is 0.513. The fraction of sp³-hybridized carbons (Fsp3) is 0.636. The molecule has 1 saturated heterocycles. The van der Waals surface area contributed by atoms with E-state index in [1.54, 1.807) is 4.90 Å². The van der Waals surface area contributed by atoms with E-state index in [1.165, 1.54) is 6.20 Å². The van der Waals surface area contributed by atoms with Gasteiger partial charge in [0.15, 0.2) is 0 Å². The highest BCUT2D eigenvalue weighted by Crippen LogP contribution is 2.02. The van der Waals surface area contributed by atoms with Crippen LogP contribution in [0.5, 0.6) is 0 Å². The number of hydrogen-bond donors (Lipinski definition) is 2. The maximum atomic E-state index is 11.9. The van der Waals surface area contributed by atoms with E-state index < -0.39 is 0 Å². The zero-order chi connectivity index (χ0) is 12.0. The molecule has 5 heteroatoms. The third-order valence-corrected chi connectivity index (χ3v) is 2.32. The molecule has 1 heterocycles. The molecule has 2 N–H and O–H groups in total. The van der Waals surface area contributed by atoms with Gasteiger partial charge in [-0.25, -0.2) is 0 Å². The average molecular weight is 222 g/mol. The van der Waals surface area contributed by atoms with E-state index >= 15 is 0 Å². The fourth-order valence-electron chi connectivity index (χ4n) is 1.43. The Morgan fingerprint density at radius 1 is 1.50 bits per heavy atom. The van der Waals surface area contributed by atoms with Gasteiger partial charge in [-0.2, -0.15) is 5.26 Å². The van der Waals surface area contributed by atoms with E-state index in [2.05, 4.69) is 10.6 Å². The lowest BCUT2D eigenvalue weighted by Crippen LogP contribution is -2.47. The lowest BCUT2D eigenvalue weighted by molar-refractivity contribution is -0.127. The summed E-state index contributed by atoms with van der Waals surface area (Å²) in [5.74, 6) is -0.183. The van der Waals surface area contributed by atoms with Gasteiger partial charge < -0.3 is 15.5 Å². The number of carbonyl (C=O) groups excluding carboxylic acids is 1. The van der Waals surface area contributed by atoms with Crippen molar-refractivity contribution in [1.82, 2.24) is 15.5 Å². The Balaban J connectivity index is 2.61. The third kappa shape index (κ3) is 3.55. The second-order valence-corrected chi connectivity index (χ2v) is 4.03. The molecular weight excluding hydrogens is 204 g/mol. The Morgan fingerprint density at radius 3 is 2.62 bits per heavy atom. The summed E-state index contributed by atoms with van der Waals surface area (Å²) >= 11 is 0. The maximum absolute atomic E-state index is 11.9. The fourth-order valence-corrected chi connectivity index (χ4v) is 1.43. The van der Waals surface area contributed by atoms with E-state index in [-0.39, 0.29) is 17.5 Å². The van der Waals surface area contributed by atoms with Gasteiger partial charge in [0.05, 0.1) is 0 Å². The molecule has 0 spiro atoms. The summed E-state index contributed by atoms with van der Waals surface area (Å²) in [6.07, 6.45) is 1.51. The van der Waals surface area contributed by atoms with Gasteiger partial charge in [-0.3, -0.25) is 4.79 Å². The molecule has 88 valence electrons. The molecule has 0 unspecified atom stereocenters. The SMILES string of the molecule is CC(C)N/C=C(/C#N)C(=O)N1CCNCC1. The molecule has 0 aromatic heterocycles. The molecule has 0 aliphatic carbocycles. The minimum absolute atomic E-state index is 0.176. The summed E-state index contributed by atoms with van der Waals surface area (Å²) in [7, 11) is 0. The van der Waals surface area contributed by atoms with Crippen LogP contribution in [0.1, 0.15) is 13.8 Å². The Bertz CT molecular complexity index is 310. The normalized spacial score (nSPS) is 17.1. The standard InChI is InChI=1S/C11H18N4O/c1-9(2)14-8-10(7-12)11(16)15-5-3-13-4-6-15/h8-9,13-14H,3-6H2,1-2H3/b10-8-. The third-order valence-electron chi connectivity index (χ3n) is 2.32. The van der Waals surface area contributed by atoms with Crippen LogP contribution in [0.25, 0.3) is 0 Å². The van der Waals surface area contributed by atoms with Crippen molar-refractivity contribution in [3.8, 4) is 6.07 Å². The topological polar surface area (TPSA) is 68.2 Å². The predicted molar refractivity (Wildman–Crippen MR) is 61.4 cm³/mol. The van der Waals surface area contributed by atoms with Crippen molar-refractivity contribution in [1.29, 1.82) is 5.26 Å². The number of rotatable bonds is 3. The molecule has 5 nitrogen and oxygen atoms in total. The number of nitrogens with zero attached hydrogens (tertiary/aromatic N) is 2. The van der Waals surface area contributed by atoms with E-state index in [0.29, 0.717) is 13.1 Å². The smallest absolute Gasteiger partial charge is 0.266 e. The van der Waals surface area contributed by atoms with Crippen molar-refractivity contribution in [2.45, 2.75) is 19.9 Å². The summed E-state index contributed by atoms with van der Waals surface area (Å²) in [4.78, 5) is 13.6. The number of nitrogens with one attached hydrogen (secondary N) is 2. The van der Waals surface area contributed by atoms with Gasteiger partial charge in [0.2, 0.25) is 0 Å². The van der Waals surface area contributed by atoms with Crippen molar-refractivity contribution in [2.75, 3.05) is 26.2 Å². The molecule has 0 atom stereocenters. The second-order valence-electron chi connectivity index (χ2n) is 4.03. The number of piperazine rings is 1. The van der Waals surface area contributed by atoms with Gasteiger partial charge in [-0.05, 0) is 13.8 Å². The second kappa shape index (κ2) is 6.13. The first-order chi connectivity index (χ1) is 7.65. The van der Waals surface area contributed by atoms with Gasteiger partial charge in [-0.1, -0.05) is 0 Å². The van der Waals surface area contributed by atoms with Crippen LogP contribution >= 0.6 is 0 Å². The molecular formula is C11H18N4O. The molecule has 0 bridgehead atoms. The number of nitriles is 1. The number of carbonyl (C=O) groups is 1. The van der Waals surface area contributed by atoms with E-state index in [0.717, 1.165) is 13.1 Å². The highest BCUT2D eigenvalue weighted by molar-refractivity contribution is 5.97. The van der Waals surface area contributed by atoms with Crippen LogP contribution in [0.4, 0.5) is 0 Å². The Labute approximate surface area is 96.1 Å². The molecule has 1 amide bonds. The van der Waals surface area contributed by atoms with Gasteiger partial charge in [-0.15, -0.1) is 0 Å². The Hall–Kier alpha value is -1.54. The summed E-state index contributed by atoms with van der Waals surface area (Å²) in [6, 6.07) is 2.16. The van der Waals surface area contributed by atoms with Gasteiger partial charge in [0.25, 0.3) is 5.91 Å². The van der Waals surface area contributed by atoms with Crippen LogP contribution in [-0.2, 0) is 4.79 Å². The molecule has 1 rings (SSSR count). The lowest BCUT2D eigenvalue weighted by Gasteiger charge is -2.27. The van der Waals surface area contributed by atoms with Crippen LogP contribution in [0.15, 0.2) is 11.8 Å². The van der Waals surface area contributed by atoms with Crippen LogP contribution in [0.3, 0.4) is 0 Å². The Kier molecular flexibility index (Phi) is 4.80. The van der Waals surface area contributed by atoms with Gasteiger partial charge in [0, 0.05) is 38.4 Å². The Morgan fingerprint density at radius 2 is 2.12 bits per heavy atom. The van der Waals surface area contributed by atoms with Gasteiger partial charge >= 0.3 is 0 Å². The highest BCUT2D eigenvalue weighted by Gasteiger charge is 2.19. The first kappa shape index (κ1) is 12.5. The molecule has 0 aromatic rings. The summed E-state index contributed by atoms with van der Waals surface area (Å²) in [5, 5.41) is 15.1. The number of hydrogen-bond acceptors (Lipinski definition) is 4. The summed E-state index contributed by atoms with van der Waals surface area (Å²) in [5.41, 5.74) is 0.176. The summed E-state index contributed by atoms with van der Waals surface area (Å²) in [6.45, 7) is 6.84. The van der Waals surface area contributed by atoms with E-state index in [9.17, 15) is 4.79 Å². The van der Waals surface area contributed by atoms with Crippen molar-refractivity contribution in [3.05, 3.63) is 11.8 Å². The first-order valence-corrected chi connectivity index (χ1v) is 5.51. The van der Waals surface area contributed by atoms with Crippen LogP contribution in [0, 0.1) is 11.3 Å². The average Bonchev–Trinajstić information content (AvgIpc) is 2.30. The monoisotopic (exact) mass is 222 g/mol. The van der Waals surface area contributed by atoms with E-state index in [1.807, 2.05) is 19.9 Å². The maximum Gasteiger partial charge on any atom is 0.266 e. The molecule has 16 heavy (non-hydrogen) atoms. The summed E-state index contributed by atoms with van der Waals surface area (Å²) < 4.78 is 0. The minimum atomic E-state index is -0.183. The first-order valence-electron chi connectivity index (χ1n) is 5.51. The lowest BCUT2D eigenvalue weighted by atomic mass is 10.2. The zero-order valence-electron chi connectivity index (χ0n) is 9.79. The molecule has 1 aliphatic rings. The van der Waals surface area contributed by atoms with Crippen molar-refractivity contribution in [3.63, 3.8) is 0 Å². The number of amides is 1. The van der Waals surface area contributed by atoms with E-state index in [4.69, 9.17) is 5.26 Å². The molecule has 0 saturated carbocycles. The molecule has 0 aromatic carbocycles. The molecule has 1 aliphatic heterocycles. The zero-order valence-corrected chi connectivity index (χ0v) is 9.79. The van der Waals surface area contributed by atoms with Crippen LogP contribution in [-0.4, -0.2) is 43.0 Å². The minimum Gasteiger partial charge on any atom is -0.387 e. The highest BCUT2D eigenvalue weighted by atomic mass is 16.2.